The summed E-state index contributed by atoms with van der Waals surface area (Å²) in [6.45, 7) is 21.1. The van der Waals surface area contributed by atoms with Crippen molar-refractivity contribution in [1.29, 1.82) is 5.26 Å². The summed E-state index contributed by atoms with van der Waals surface area (Å²) in [5.74, 6) is -0.353. The first-order valence-corrected chi connectivity index (χ1v) is 18.0. The summed E-state index contributed by atoms with van der Waals surface area (Å²) in [5, 5.41) is 10.5. The first-order chi connectivity index (χ1) is 22.4. The lowest BCUT2D eigenvalue weighted by Gasteiger charge is -2.38. The molecule has 1 spiro atoms. The van der Waals surface area contributed by atoms with Crippen LogP contribution in [0.4, 0.5) is 8.78 Å². The molecule has 0 bridgehead atoms. The van der Waals surface area contributed by atoms with Gasteiger partial charge in [-0.3, -0.25) is 4.90 Å². The van der Waals surface area contributed by atoms with Gasteiger partial charge in [0.05, 0.1) is 10.3 Å². The molecule has 2 aromatic rings. The van der Waals surface area contributed by atoms with Gasteiger partial charge in [0.25, 0.3) is 0 Å². The summed E-state index contributed by atoms with van der Waals surface area (Å²) in [7, 11) is 2.14. The highest BCUT2D eigenvalue weighted by atomic mass is 32.1. The smallest absolute Gasteiger partial charge is 0.206 e. The number of likely N-dealkylation sites (N-methyl/N-ethyl adjacent to an activating group) is 1. The minimum atomic E-state index is -0.508. The molecule has 2 atom stereocenters. The van der Waals surface area contributed by atoms with Crippen LogP contribution in [0.15, 0.2) is 58.3 Å². The molecular weight excluding hydrogens is 611 g/mol. The predicted octanol–water partition coefficient (Wildman–Crippen LogP) is 10.1. The van der Waals surface area contributed by atoms with Crippen molar-refractivity contribution < 1.29 is 13.5 Å². The fraction of sp³-hybridized carbons (Fsp3) is 0.538. The number of allylic oxidation sites excluding steroid dienone is 6. The Labute approximate surface area is 284 Å². The largest absolute Gasteiger partial charge is 0.476 e. The molecule has 0 amide bonds. The van der Waals surface area contributed by atoms with Gasteiger partial charge in [-0.15, -0.1) is 11.3 Å². The lowest BCUT2D eigenvalue weighted by molar-refractivity contribution is 0.139. The fourth-order valence-corrected chi connectivity index (χ4v) is 8.78. The number of thiophene rings is 1. The normalized spacial score (nSPS) is 21.9. The van der Waals surface area contributed by atoms with Gasteiger partial charge in [0.1, 0.15) is 24.2 Å². The minimum Gasteiger partial charge on any atom is -0.476 e. The van der Waals surface area contributed by atoms with Crippen molar-refractivity contribution in [2.45, 2.75) is 99.1 Å². The third-order valence-electron chi connectivity index (χ3n) is 10.5. The maximum absolute atomic E-state index is 17.4. The maximum Gasteiger partial charge on any atom is 0.206 e. The monoisotopic (exact) mass is 660 g/mol. The molecular formula is C39H50F2N4OS. The van der Waals surface area contributed by atoms with Gasteiger partial charge in [-0.25, -0.2) is 13.8 Å². The third kappa shape index (κ3) is 6.71. The number of halogens is 2. The molecule has 2 aliphatic carbocycles. The fourth-order valence-electron chi connectivity index (χ4n) is 7.75. The predicted molar refractivity (Wildman–Crippen MR) is 191 cm³/mol. The Morgan fingerprint density at radius 3 is 2.55 bits per heavy atom. The highest BCUT2D eigenvalue weighted by Crippen LogP contribution is 2.54. The number of hydrogen-bond donors (Lipinski definition) is 0. The summed E-state index contributed by atoms with van der Waals surface area (Å²) >= 11 is 1.23. The van der Waals surface area contributed by atoms with Crippen molar-refractivity contribution in [3.05, 3.63) is 75.2 Å². The van der Waals surface area contributed by atoms with E-state index in [1.54, 1.807) is 13.0 Å². The molecule has 1 saturated carbocycles. The number of likely N-dealkylation sites (tertiary alicyclic amines) is 1. The van der Waals surface area contributed by atoms with E-state index < -0.39 is 11.6 Å². The molecule has 1 aromatic heterocycles. The van der Waals surface area contributed by atoms with Crippen LogP contribution < -0.4 is 0 Å². The number of fused-ring (bicyclic) bond motifs is 1. The van der Waals surface area contributed by atoms with Crippen LogP contribution in [-0.2, 0) is 4.74 Å². The van der Waals surface area contributed by atoms with Crippen LogP contribution in [0.1, 0.15) is 96.1 Å². The second-order valence-electron chi connectivity index (χ2n) is 14.0. The summed E-state index contributed by atoms with van der Waals surface area (Å²) in [4.78, 5) is 10.2. The van der Waals surface area contributed by atoms with Crippen molar-refractivity contribution in [1.82, 2.24) is 9.80 Å². The molecule has 2 heterocycles. The second-order valence-corrected chi connectivity index (χ2v) is 15.2. The van der Waals surface area contributed by atoms with Crippen molar-refractivity contribution in [3.8, 4) is 6.07 Å². The molecule has 1 aliphatic heterocycles. The minimum absolute atomic E-state index is 0.165. The summed E-state index contributed by atoms with van der Waals surface area (Å²) in [6.07, 6.45) is 8.27. The lowest BCUT2D eigenvalue weighted by Crippen LogP contribution is -2.38. The zero-order valence-corrected chi connectivity index (χ0v) is 30.2. The number of hydrogen-bond acceptors (Lipinski definition) is 6. The number of nitrogens with zero attached hydrogens (tertiary/aromatic N) is 4. The average Bonchev–Trinajstić information content (AvgIpc) is 3.59. The molecule has 5 nitrogen and oxygen atoms in total. The lowest BCUT2D eigenvalue weighted by atomic mass is 9.83. The summed E-state index contributed by atoms with van der Waals surface area (Å²) < 4.78 is 39.1. The van der Waals surface area contributed by atoms with Crippen LogP contribution in [0.5, 0.6) is 0 Å². The van der Waals surface area contributed by atoms with Crippen LogP contribution >= 0.6 is 11.3 Å². The molecule has 0 radical (unpaired) electrons. The van der Waals surface area contributed by atoms with E-state index in [2.05, 4.69) is 64.1 Å². The molecule has 1 aromatic carbocycles. The summed E-state index contributed by atoms with van der Waals surface area (Å²) in [6, 6.07) is 5.78. The van der Waals surface area contributed by atoms with E-state index in [1.165, 1.54) is 30.2 Å². The first kappa shape index (κ1) is 35.0. The molecule has 5 rings (SSSR count). The SMILES string of the molecule is C=C(/N=C1/C(F)=C(c2ccc(F)c3sc(C)c(C#N)c23)C(CC)=C/C1=C(/C)N(CC)C(CCC)C(C)C)OCC1CC2(CC2)CN1C. The highest BCUT2D eigenvalue weighted by Gasteiger charge is 2.50. The van der Waals surface area contributed by atoms with Gasteiger partial charge >= 0.3 is 0 Å². The van der Waals surface area contributed by atoms with Crippen LogP contribution in [0.2, 0.25) is 0 Å². The number of ether oxygens (including phenoxy) is 1. The quantitative estimate of drug-likeness (QED) is 0.213. The number of aryl methyl sites for hydroxylation is 1. The number of nitriles is 1. The van der Waals surface area contributed by atoms with E-state index in [0.717, 1.165) is 43.6 Å². The van der Waals surface area contributed by atoms with Crippen molar-refractivity contribution >= 4 is 32.7 Å². The Kier molecular flexibility index (Phi) is 10.5. The Hall–Kier alpha value is -3.28. The van der Waals surface area contributed by atoms with Crippen molar-refractivity contribution in [3.63, 3.8) is 0 Å². The van der Waals surface area contributed by atoms with Gasteiger partial charge in [0.15, 0.2) is 5.83 Å². The molecule has 8 heteroatoms. The molecule has 47 heavy (non-hydrogen) atoms. The molecule has 2 fully saturated rings. The molecule has 0 N–H and O–H groups in total. The average molecular weight is 661 g/mol. The Morgan fingerprint density at radius 1 is 1.26 bits per heavy atom. The van der Waals surface area contributed by atoms with Gasteiger partial charge in [-0.2, -0.15) is 5.26 Å². The third-order valence-corrected chi connectivity index (χ3v) is 11.6. The molecule has 3 aliphatic rings. The Balaban J connectivity index is 1.66. The molecule has 1 saturated heterocycles. The number of rotatable bonds is 12. The zero-order valence-electron chi connectivity index (χ0n) is 29.4. The van der Waals surface area contributed by atoms with Crippen molar-refractivity contribution in [2.75, 3.05) is 26.7 Å². The Morgan fingerprint density at radius 2 is 1.98 bits per heavy atom. The maximum atomic E-state index is 17.4. The van der Waals surface area contributed by atoms with E-state index in [-0.39, 0.29) is 23.7 Å². The zero-order chi connectivity index (χ0) is 34.2. The van der Waals surface area contributed by atoms with E-state index in [0.29, 0.717) is 61.6 Å². The van der Waals surface area contributed by atoms with E-state index >= 15 is 8.78 Å². The molecule has 252 valence electrons. The van der Waals surface area contributed by atoms with Crippen LogP contribution in [0.25, 0.3) is 15.7 Å². The van der Waals surface area contributed by atoms with E-state index in [9.17, 15) is 5.26 Å². The highest BCUT2D eigenvalue weighted by molar-refractivity contribution is 7.19. The van der Waals surface area contributed by atoms with Gasteiger partial charge in [-0.1, -0.05) is 40.2 Å². The summed E-state index contributed by atoms with van der Waals surface area (Å²) in [5.41, 5.74) is 4.26. The van der Waals surface area contributed by atoms with Gasteiger partial charge in [0.2, 0.25) is 5.88 Å². The van der Waals surface area contributed by atoms with Gasteiger partial charge in [-0.05, 0) is 101 Å². The molecule has 2 unspecified atom stereocenters. The van der Waals surface area contributed by atoms with Crippen LogP contribution in [0.3, 0.4) is 0 Å². The van der Waals surface area contributed by atoms with Crippen molar-refractivity contribution in [2.24, 2.45) is 16.3 Å². The second kappa shape index (κ2) is 14.1. The topological polar surface area (TPSA) is 51.9 Å². The van der Waals surface area contributed by atoms with Crippen LogP contribution in [-0.4, -0.2) is 54.3 Å². The van der Waals surface area contributed by atoms with Gasteiger partial charge < -0.3 is 9.64 Å². The Bertz CT molecular complexity index is 1720. The van der Waals surface area contributed by atoms with E-state index in [1.807, 2.05) is 13.0 Å². The van der Waals surface area contributed by atoms with Crippen LogP contribution in [0, 0.1) is 35.4 Å². The number of aliphatic imine (C=N–C) groups is 1. The van der Waals surface area contributed by atoms with Gasteiger partial charge in [0, 0.05) is 52.3 Å². The first-order valence-electron chi connectivity index (χ1n) is 17.2. The number of benzene rings is 1. The van der Waals surface area contributed by atoms with E-state index in [4.69, 9.17) is 9.73 Å². The standard InChI is InChI=1S/C39H50F2N4OS/c1-10-13-33(23(4)5)45(12-3)24(6)30-18-27(11-2)34(29-14-15-32(40)38-35(29)31(20-42)25(7)47-38)36(41)37(30)43-26(8)46-21-28-19-39(16-17-39)22-44(28)9/h14-15,18,23,28,33H,8,10-13,16-17,19,21-22H2,1-7,9H3/b30-24+,43-37+.